The van der Waals surface area contributed by atoms with Crippen LogP contribution in [-0.4, -0.2) is 42.2 Å². The van der Waals surface area contributed by atoms with E-state index in [0.29, 0.717) is 19.5 Å². The molecule has 0 aliphatic carbocycles. The molecule has 0 heterocycles. The Labute approximate surface area is 179 Å². The molecule has 4 heteroatoms. The van der Waals surface area contributed by atoms with Crippen LogP contribution in [0.15, 0.2) is 91.0 Å². The first kappa shape index (κ1) is 21.8. The highest BCUT2D eigenvalue weighted by molar-refractivity contribution is 5.78. The second-order valence-corrected chi connectivity index (χ2v) is 7.36. The molecule has 30 heavy (non-hydrogen) atoms. The molecule has 3 aromatic rings. The monoisotopic (exact) mass is 402 g/mol. The predicted octanol–water partition coefficient (Wildman–Crippen LogP) is 3.82. The lowest BCUT2D eigenvalue weighted by Crippen LogP contribution is -2.41. The molecule has 2 N–H and O–H groups in total. The van der Waals surface area contributed by atoms with Crippen molar-refractivity contribution < 1.29 is 9.90 Å². The normalized spacial score (nSPS) is 11.0. The van der Waals surface area contributed by atoms with Crippen LogP contribution in [0.3, 0.4) is 0 Å². The van der Waals surface area contributed by atoms with Crippen LogP contribution in [0.5, 0.6) is 0 Å². The molecule has 0 radical (unpaired) electrons. The largest absolute Gasteiger partial charge is 0.396 e. The van der Waals surface area contributed by atoms with Crippen molar-refractivity contribution in [1.29, 1.82) is 0 Å². The number of amides is 1. The van der Waals surface area contributed by atoms with Gasteiger partial charge in [-0.15, -0.1) is 0 Å². The molecular weight excluding hydrogens is 372 g/mol. The number of hydrogen-bond donors (Lipinski definition) is 2. The first-order valence-corrected chi connectivity index (χ1v) is 10.5. The lowest BCUT2D eigenvalue weighted by molar-refractivity contribution is -0.122. The van der Waals surface area contributed by atoms with Crippen molar-refractivity contribution in [3.63, 3.8) is 0 Å². The number of benzene rings is 3. The van der Waals surface area contributed by atoms with Gasteiger partial charge in [0.15, 0.2) is 0 Å². The summed E-state index contributed by atoms with van der Waals surface area (Å²) in [4.78, 5) is 14.9. The quantitative estimate of drug-likeness (QED) is 0.513. The minimum atomic E-state index is -0.0428. The lowest BCUT2D eigenvalue weighted by atomic mass is 9.96. The standard InChI is InChI=1S/C26H30N2O2/c29-20-10-19-28(21-25(30)27-18-17-22-11-4-1-5-12-22)26(23-13-6-2-7-14-23)24-15-8-3-9-16-24/h1-9,11-16,26,29H,10,17-21H2,(H,27,30). The Bertz CT molecular complexity index is 830. The van der Waals surface area contributed by atoms with E-state index in [1.54, 1.807) is 0 Å². The molecule has 3 rings (SSSR count). The number of carbonyl (C=O) groups excluding carboxylic acids is 1. The minimum Gasteiger partial charge on any atom is -0.396 e. The van der Waals surface area contributed by atoms with E-state index in [2.05, 4.69) is 46.6 Å². The van der Waals surface area contributed by atoms with Gasteiger partial charge in [-0.1, -0.05) is 91.0 Å². The molecule has 0 saturated heterocycles. The smallest absolute Gasteiger partial charge is 0.234 e. The van der Waals surface area contributed by atoms with Crippen LogP contribution in [-0.2, 0) is 11.2 Å². The fourth-order valence-corrected chi connectivity index (χ4v) is 3.69. The molecule has 156 valence electrons. The molecule has 0 saturated carbocycles. The van der Waals surface area contributed by atoms with Crippen LogP contribution in [0.4, 0.5) is 0 Å². The SMILES string of the molecule is O=C(CN(CCCO)C(c1ccccc1)c1ccccc1)NCCc1ccccc1. The third-order valence-electron chi connectivity index (χ3n) is 5.12. The number of nitrogens with zero attached hydrogens (tertiary/aromatic N) is 1. The molecule has 0 bridgehead atoms. The van der Waals surface area contributed by atoms with E-state index in [4.69, 9.17) is 0 Å². The maximum atomic E-state index is 12.8. The Kier molecular flexibility index (Phi) is 8.63. The topological polar surface area (TPSA) is 52.6 Å². The highest BCUT2D eigenvalue weighted by Crippen LogP contribution is 2.28. The molecule has 0 unspecified atom stereocenters. The molecular formula is C26H30N2O2. The maximum Gasteiger partial charge on any atom is 0.234 e. The first-order valence-electron chi connectivity index (χ1n) is 10.5. The lowest BCUT2D eigenvalue weighted by Gasteiger charge is -2.32. The van der Waals surface area contributed by atoms with Crippen LogP contribution in [0.25, 0.3) is 0 Å². The Morgan fingerprint density at radius 1 is 0.833 bits per heavy atom. The van der Waals surface area contributed by atoms with Gasteiger partial charge in [-0.25, -0.2) is 0 Å². The number of aliphatic hydroxyl groups excluding tert-OH is 1. The van der Waals surface area contributed by atoms with Crippen LogP contribution >= 0.6 is 0 Å². The molecule has 1 amide bonds. The maximum absolute atomic E-state index is 12.8. The fourth-order valence-electron chi connectivity index (χ4n) is 3.69. The zero-order chi connectivity index (χ0) is 21.0. The van der Waals surface area contributed by atoms with E-state index < -0.39 is 0 Å². The molecule has 0 atom stereocenters. The van der Waals surface area contributed by atoms with Crippen LogP contribution in [0, 0.1) is 0 Å². The predicted molar refractivity (Wildman–Crippen MR) is 121 cm³/mol. The van der Waals surface area contributed by atoms with E-state index in [1.165, 1.54) is 5.56 Å². The fraction of sp³-hybridized carbons (Fsp3) is 0.269. The Hall–Kier alpha value is -2.95. The molecule has 0 aliphatic rings. The molecule has 0 fully saturated rings. The van der Waals surface area contributed by atoms with E-state index in [1.807, 2.05) is 54.6 Å². The third-order valence-corrected chi connectivity index (χ3v) is 5.12. The Morgan fingerprint density at radius 2 is 1.37 bits per heavy atom. The number of hydrogen-bond acceptors (Lipinski definition) is 3. The summed E-state index contributed by atoms with van der Waals surface area (Å²) in [5.41, 5.74) is 3.49. The van der Waals surface area contributed by atoms with Gasteiger partial charge in [0.25, 0.3) is 0 Å². The first-order chi connectivity index (χ1) is 14.8. The van der Waals surface area contributed by atoms with Gasteiger partial charge < -0.3 is 10.4 Å². The van der Waals surface area contributed by atoms with Gasteiger partial charge in [0.2, 0.25) is 5.91 Å². The zero-order valence-electron chi connectivity index (χ0n) is 17.3. The summed E-state index contributed by atoms with van der Waals surface area (Å²) in [7, 11) is 0. The summed E-state index contributed by atoms with van der Waals surface area (Å²) in [5.74, 6) is 0.000679. The van der Waals surface area contributed by atoms with Gasteiger partial charge in [-0.3, -0.25) is 9.69 Å². The third kappa shape index (κ3) is 6.55. The number of nitrogens with one attached hydrogen (secondary N) is 1. The Morgan fingerprint density at radius 3 is 1.90 bits per heavy atom. The van der Waals surface area contributed by atoms with Crippen molar-refractivity contribution in [2.45, 2.75) is 18.9 Å². The highest BCUT2D eigenvalue weighted by Gasteiger charge is 2.24. The molecule has 0 aliphatic heterocycles. The summed E-state index contributed by atoms with van der Waals surface area (Å²) >= 11 is 0. The molecule has 0 aromatic heterocycles. The van der Waals surface area contributed by atoms with E-state index in [0.717, 1.165) is 17.5 Å². The Balaban J connectivity index is 1.72. The number of rotatable bonds is 11. The van der Waals surface area contributed by atoms with Crippen molar-refractivity contribution in [2.75, 3.05) is 26.2 Å². The van der Waals surface area contributed by atoms with Gasteiger partial charge in [0.05, 0.1) is 12.6 Å². The second kappa shape index (κ2) is 11.9. The van der Waals surface area contributed by atoms with Gasteiger partial charge in [0, 0.05) is 19.7 Å². The minimum absolute atomic E-state index is 0.000679. The average molecular weight is 403 g/mol. The van der Waals surface area contributed by atoms with Gasteiger partial charge >= 0.3 is 0 Å². The number of aliphatic hydroxyl groups is 1. The van der Waals surface area contributed by atoms with E-state index in [-0.39, 0.29) is 25.1 Å². The van der Waals surface area contributed by atoms with Gasteiger partial charge in [-0.2, -0.15) is 0 Å². The number of carbonyl (C=O) groups is 1. The van der Waals surface area contributed by atoms with Crippen LogP contribution < -0.4 is 5.32 Å². The summed E-state index contributed by atoms with van der Waals surface area (Å²) in [6, 6.07) is 30.6. The van der Waals surface area contributed by atoms with E-state index in [9.17, 15) is 9.90 Å². The average Bonchev–Trinajstić information content (AvgIpc) is 2.80. The highest BCUT2D eigenvalue weighted by atomic mass is 16.3. The summed E-state index contributed by atoms with van der Waals surface area (Å²) in [5, 5.41) is 12.5. The molecule has 4 nitrogen and oxygen atoms in total. The zero-order valence-corrected chi connectivity index (χ0v) is 17.3. The summed E-state index contributed by atoms with van der Waals surface area (Å²) in [6.07, 6.45) is 1.43. The van der Waals surface area contributed by atoms with Crippen molar-refractivity contribution in [3.8, 4) is 0 Å². The molecule has 0 spiro atoms. The van der Waals surface area contributed by atoms with Crippen LogP contribution in [0.2, 0.25) is 0 Å². The van der Waals surface area contributed by atoms with Crippen molar-refractivity contribution in [2.24, 2.45) is 0 Å². The van der Waals surface area contributed by atoms with Gasteiger partial charge in [0.1, 0.15) is 0 Å². The van der Waals surface area contributed by atoms with Gasteiger partial charge in [-0.05, 0) is 29.5 Å². The summed E-state index contributed by atoms with van der Waals surface area (Å²) in [6.45, 7) is 1.63. The van der Waals surface area contributed by atoms with Crippen molar-refractivity contribution in [3.05, 3.63) is 108 Å². The van der Waals surface area contributed by atoms with Crippen molar-refractivity contribution >= 4 is 5.91 Å². The summed E-state index contributed by atoms with van der Waals surface area (Å²) < 4.78 is 0. The van der Waals surface area contributed by atoms with Crippen molar-refractivity contribution in [1.82, 2.24) is 10.2 Å². The molecule has 3 aromatic carbocycles. The second-order valence-electron chi connectivity index (χ2n) is 7.36. The van der Waals surface area contributed by atoms with E-state index >= 15 is 0 Å². The van der Waals surface area contributed by atoms with Crippen LogP contribution in [0.1, 0.15) is 29.2 Å².